The number of terminal acetylenes is 1. The molecule has 0 radical (unpaired) electrons. The number of amides is 1. The number of aliphatic carboxylic acids is 1. The summed E-state index contributed by atoms with van der Waals surface area (Å²) in [4.78, 5) is 23.7. The molecule has 1 amide bonds. The second kappa shape index (κ2) is 6.85. The van der Waals surface area contributed by atoms with Gasteiger partial charge in [-0.15, -0.1) is 12.3 Å². The number of hydrogen-bond donors (Lipinski definition) is 2. The predicted octanol–water partition coefficient (Wildman–Crippen LogP) is 0.0487. The molecular weight excluding hydrogens is 208 g/mol. The molecule has 0 spiro atoms. The molecule has 90 valence electrons. The molecule has 3 N–H and O–H groups in total. The molecule has 0 heterocycles. The van der Waals surface area contributed by atoms with Crippen LogP contribution in [0, 0.1) is 12.3 Å². The van der Waals surface area contributed by atoms with E-state index < -0.39 is 12.0 Å². The average Bonchev–Trinajstić information content (AvgIpc) is 2.17. The van der Waals surface area contributed by atoms with Gasteiger partial charge in [0.05, 0.1) is 12.5 Å². The largest absolute Gasteiger partial charge is 0.481 e. The van der Waals surface area contributed by atoms with Gasteiger partial charge in [0, 0.05) is 19.0 Å². The normalized spacial score (nSPS) is 11.9. The van der Waals surface area contributed by atoms with Gasteiger partial charge >= 0.3 is 5.97 Å². The molecule has 16 heavy (non-hydrogen) atoms. The highest BCUT2D eigenvalue weighted by atomic mass is 16.4. The molecule has 1 atom stereocenters. The first-order valence-electron chi connectivity index (χ1n) is 5.11. The van der Waals surface area contributed by atoms with E-state index in [0.717, 1.165) is 0 Å². The fourth-order valence-electron chi connectivity index (χ4n) is 1.27. The molecule has 1 unspecified atom stereocenters. The van der Waals surface area contributed by atoms with Gasteiger partial charge in [-0.3, -0.25) is 9.59 Å². The summed E-state index contributed by atoms with van der Waals surface area (Å²) in [7, 11) is 0. The standard InChI is InChI=1S/C11H18N2O3/c1-4-5-9(12)11(16)13(8(2)3)7-6-10(14)15/h1,8-9H,5-7,12H2,2-3H3,(H,14,15). The highest BCUT2D eigenvalue weighted by molar-refractivity contribution is 5.82. The molecule has 0 aliphatic rings. The molecule has 0 saturated heterocycles. The fourth-order valence-corrected chi connectivity index (χ4v) is 1.27. The lowest BCUT2D eigenvalue weighted by molar-refractivity contribution is -0.139. The molecule has 0 aliphatic heterocycles. The Morgan fingerprint density at radius 2 is 2.06 bits per heavy atom. The summed E-state index contributed by atoms with van der Waals surface area (Å²) < 4.78 is 0. The van der Waals surface area contributed by atoms with Gasteiger partial charge in [-0.2, -0.15) is 0 Å². The van der Waals surface area contributed by atoms with E-state index in [0.29, 0.717) is 0 Å². The zero-order chi connectivity index (χ0) is 12.7. The van der Waals surface area contributed by atoms with Crippen molar-refractivity contribution in [1.29, 1.82) is 0 Å². The van der Waals surface area contributed by atoms with Crippen LogP contribution in [-0.2, 0) is 9.59 Å². The van der Waals surface area contributed by atoms with Crippen molar-refractivity contribution in [3.05, 3.63) is 0 Å². The van der Waals surface area contributed by atoms with Gasteiger partial charge in [-0.25, -0.2) is 0 Å². The van der Waals surface area contributed by atoms with Gasteiger partial charge in [-0.1, -0.05) is 0 Å². The van der Waals surface area contributed by atoms with Gasteiger partial charge in [0.25, 0.3) is 0 Å². The highest BCUT2D eigenvalue weighted by Gasteiger charge is 2.22. The van der Waals surface area contributed by atoms with Crippen LogP contribution in [-0.4, -0.2) is 40.5 Å². The van der Waals surface area contributed by atoms with Crippen LogP contribution in [0.25, 0.3) is 0 Å². The lowest BCUT2D eigenvalue weighted by Gasteiger charge is -2.28. The third kappa shape index (κ3) is 4.80. The summed E-state index contributed by atoms with van der Waals surface area (Å²) in [6.07, 6.45) is 5.14. The van der Waals surface area contributed by atoms with Crippen LogP contribution in [0.5, 0.6) is 0 Å². The van der Waals surface area contributed by atoms with E-state index in [2.05, 4.69) is 5.92 Å². The summed E-state index contributed by atoms with van der Waals surface area (Å²) in [5.74, 6) is 1.08. The molecule has 0 aromatic rings. The van der Waals surface area contributed by atoms with Crippen molar-refractivity contribution in [2.24, 2.45) is 5.73 Å². The van der Waals surface area contributed by atoms with Crippen molar-refractivity contribution in [2.75, 3.05) is 6.54 Å². The van der Waals surface area contributed by atoms with Crippen molar-refractivity contribution < 1.29 is 14.7 Å². The van der Waals surface area contributed by atoms with Crippen LogP contribution in [0.3, 0.4) is 0 Å². The van der Waals surface area contributed by atoms with Crippen LogP contribution in [0.15, 0.2) is 0 Å². The summed E-state index contributed by atoms with van der Waals surface area (Å²) in [6.45, 7) is 3.77. The zero-order valence-corrected chi connectivity index (χ0v) is 9.64. The van der Waals surface area contributed by atoms with Gasteiger partial charge in [0.2, 0.25) is 5.91 Å². The Hall–Kier alpha value is -1.54. The summed E-state index contributed by atoms with van der Waals surface area (Å²) in [5.41, 5.74) is 5.59. The van der Waals surface area contributed by atoms with E-state index in [1.165, 1.54) is 4.90 Å². The second-order valence-electron chi connectivity index (χ2n) is 3.78. The summed E-state index contributed by atoms with van der Waals surface area (Å²) >= 11 is 0. The first-order chi connectivity index (χ1) is 7.40. The topological polar surface area (TPSA) is 83.6 Å². The molecule has 0 aromatic heterocycles. The van der Waals surface area contributed by atoms with Crippen LogP contribution >= 0.6 is 0 Å². The number of carboxylic acid groups (broad SMARTS) is 1. The maximum Gasteiger partial charge on any atom is 0.305 e. The Morgan fingerprint density at radius 3 is 2.44 bits per heavy atom. The molecule has 0 bridgehead atoms. The van der Waals surface area contributed by atoms with Crippen molar-refractivity contribution in [1.82, 2.24) is 4.90 Å². The second-order valence-corrected chi connectivity index (χ2v) is 3.78. The molecule has 0 saturated carbocycles. The SMILES string of the molecule is C#CCC(N)C(=O)N(CCC(=O)O)C(C)C. The van der Waals surface area contributed by atoms with Crippen molar-refractivity contribution >= 4 is 11.9 Å². The highest BCUT2D eigenvalue weighted by Crippen LogP contribution is 2.04. The minimum Gasteiger partial charge on any atom is -0.481 e. The van der Waals surface area contributed by atoms with E-state index in [9.17, 15) is 9.59 Å². The van der Waals surface area contributed by atoms with Gasteiger partial charge in [0.15, 0.2) is 0 Å². The molecule has 0 aliphatic carbocycles. The number of nitrogens with two attached hydrogens (primary N) is 1. The third-order valence-corrected chi connectivity index (χ3v) is 2.13. The van der Waals surface area contributed by atoms with Gasteiger partial charge in [0.1, 0.15) is 0 Å². The summed E-state index contributed by atoms with van der Waals surface area (Å²) in [6, 6.07) is -0.836. The van der Waals surface area contributed by atoms with E-state index in [4.69, 9.17) is 17.3 Å². The van der Waals surface area contributed by atoms with E-state index in [1.54, 1.807) is 0 Å². The molecule has 0 rings (SSSR count). The molecule has 0 fully saturated rings. The minimum atomic E-state index is -0.941. The Morgan fingerprint density at radius 1 is 1.50 bits per heavy atom. The zero-order valence-electron chi connectivity index (χ0n) is 9.64. The van der Waals surface area contributed by atoms with Crippen molar-refractivity contribution in [3.63, 3.8) is 0 Å². The number of carboxylic acids is 1. The fraction of sp³-hybridized carbons (Fsp3) is 0.636. The first-order valence-corrected chi connectivity index (χ1v) is 5.11. The van der Waals surface area contributed by atoms with Gasteiger partial charge in [-0.05, 0) is 13.8 Å². The van der Waals surface area contributed by atoms with Crippen LogP contribution < -0.4 is 5.73 Å². The Kier molecular flexibility index (Phi) is 6.19. The Labute approximate surface area is 95.6 Å². The van der Waals surface area contributed by atoms with Crippen molar-refractivity contribution in [2.45, 2.75) is 38.8 Å². The maximum absolute atomic E-state index is 11.8. The average molecular weight is 226 g/mol. The number of rotatable bonds is 6. The Bertz CT molecular complexity index is 294. The van der Waals surface area contributed by atoms with E-state index in [1.807, 2.05) is 13.8 Å². The molecule has 5 nitrogen and oxygen atoms in total. The number of carbonyl (C=O) groups is 2. The third-order valence-electron chi connectivity index (χ3n) is 2.13. The predicted molar refractivity (Wildman–Crippen MR) is 60.5 cm³/mol. The van der Waals surface area contributed by atoms with E-state index in [-0.39, 0.29) is 31.3 Å². The van der Waals surface area contributed by atoms with Gasteiger partial charge < -0.3 is 15.7 Å². The van der Waals surface area contributed by atoms with Crippen molar-refractivity contribution in [3.8, 4) is 12.3 Å². The lowest BCUT2D eigenvalue weighted by atomic mass is 10.1. The van der Waals surface area contributed by atoms with Crippen LogP contribution in [0.4, 0.5) is 0 Å². The smallest absolute Gasteiger partial charge is 0.305 e. The Balaban J connectivity index is 4.47. The van der Waals surface area contributed by atoms with Crippen LogP contribution in [0.1, 0.15) is 26.7 Å². The number of nitrogens with zero attached hydrogens (tertiary/aromatic N) is 1. The molecular formula is C11H18N2O3. The van der Waals surface area contributed by atoms with Crippen LogP contribution in [0.2, 0.25) is 0 Å². The maximum atomic E-state index is 11.8. The number of hydrogen-bond acceptors (Lipinski definition) is 3. The monoisotopic (exact) mass is 226 g/mol. The van der Waals surface area contributed by atoms with E-state index >= 15 is 0 Å². The first kappa shape index (κ1) is 14.5. The quantitative estimate of drug-likeness (QED) is 0.627. The summed E-state index contributed by atoms with van der Waals surface area (Å²) in [5, 5.41) is 8.57. The minimum absolute atomic E-state index is 0.0873. The molecule has 0 aromatic carbocycles. The lowest BCUT2D eigenvalue weighted by Crippen LogP contribution is -2.47. The number of carbonyl (C=O) groups excluding carboxylic acids is 1. The molecule has 5 heteroatoms.